The van der Waals surface area contributed by atoms with Crippen LogP contribution in [0.25, 0.3) is 92.2 Å². The summed E-state index contributed by atoms with van der Waals surface area (Å²) in [4.78, 5) is 0. The van der Waals surface area contributed by atoms with E-state index in [9.17, 15) is 0 Å². The van der Waals surface area contributed by atoms with E-state index in [-0.39, 0.29) is 0 Å². The number of nitrogens with zero attached hydrogens (tertiary/aromatic N) is 1. The van der Waals surface area contributed by atoms with Gasteiger partial charge in [-0.25, -0.2) is 0 Å². The first-order chi connectivity index (χ1) is 24.8. The van der Waals surface area contributed by atoms with Gasteiger partial charge in [0.2, 0.25) is 0 Å². The second kappa shape index (κ2) is 11.7. The molecule has 0 bridgehead atoms. The smallest absolute Gasteiger partial charge is 0.0541 e. The molecule has 0 aliphatic heterocycles. The quantitative estimate of drug-likeness (QED) is 0.174. The van der Waals surface area contributed by atoms with Crippen LogP contribution in [-0.2, 0) is 0 Å². The minimum atomic E-state index is 1.17. The van der Waals surface area contributed by atoms with E-state index < -0.39 is 0 Å². The zero-order valence-electron chi connectivity index (χ0n) is 27.3. The molecule has 0 atom stereocenters. The Labute approximate surface area is 295 Å². The van der Waals surface area contributed by atoms with Crippen LogP contribution < -0.4 is 0 Å². The third-order valence-corrected chi connectivity index (χ3v) is 11.2. The summed E-state index contributed by atoms with van der Waals surface area (Å²) in [5, 5.41) is 5.17. The molecule has 0 amide bonds. The average Bonchev–Trinajstić information content (AvgIpc) is 3.74. The fourth-order valence-electron chi connectivity index (χ4n) is 7.66. The monoisotopic (exact) mass is 653 g/mol. The molecule has 2 heterocycles. The second-order valence-electron chi connectivity index (χ2n) is 12.9. The number of hydrogen-bond donors (Lipinski definition) is 0. The first-order valence-electron chi connectivity index (χ1n) is 17.1. The molecule has 10 aromatic rings. The maximum Gasteiger partial charge on any atom is 0.0541 e. The van der Waals surface area contributed by atoms with E-state index in [4.69, 9.17) is 0 Å². The largest absolute Gasteiger partial charge is 0.309 e. The second-order valence-corrected chi connectivity index (χ2v) is 14.0. The molecule has 0 aliphatic rings. The number of aromatic nitrogens is 1. The maximum absolute atomic E-state index is 2.45. The van der Waals surface area contributed by atoms with Crippen molar-refractivity contribution in [1.29, 1.82) is 0 Å². The molecule has 10 rings (SSSR count). The fraction of sp³-hybridized carbons (Fsp3) is 0. The molecule has 2 aromatic heterocycles. The summed E-state index contributed by atoms with van der Waals surface area (Å²) in [5.74, 6) is 0. The standard InChI is InChI=1S/C48H31NS/c1-3-12-32(13-4-1)36-26-28-44-41(30-36)42-31-37(33-14-5-2-6-15-33)27-29-45(42)49(44)43-19-9-7-16-38(43)34-22-24-35(25-23-34)39-18-11-21-47-48(39)40-17-8-10-20-46(40)50-47/h1-31H. The molecule has 50 heavy (non-hydrogen) atoms. The van der Waals surface area contributed by atoms with Crippen LogP contribution in [0.3, 0.4) is 0 Å². The van der Waals surface area contributed by atoms with Crippen molar-refractivity contribution in [2.45, 2.75) is 0 Å². The summed E-state index contributed by atoms with van der Waals surface area (Å²) in [5.41, 5.74) is 13.4. The highest BCUT2D eigenvalue weighted by Crippen LogP contribution is 2.42. The zero-order chi connectivity index (χ0) is 33.0. The van der Waals surface area contributed by atoms with Gasteiger partial charge < -0.3 is 4.57 Å². The van der Waals surface area contributed by atoms with Crippen molar-refractivity contribution in [2.24, 2.45) is 0 Å². The Balaban J connectivity index is 1.14. The molecule has 0 saturated carbocycles. The molecular weight excluding hydrogens is 623 g/mol. The van der Waals surface area contributed by atoms with Gasteiger partial charge in [0.1, 0.15) is 0 Å². The Kier molecular flexibility index (Phi) is 6.75. The van der Waals surface area contributed by atoms with E-state index in [0.29, 0.717) is 0 Å². The lowest BCUT2D eigenvalue weighted by atomic mass is 9.96. The van der Waals surface area contributed by atoms with Crippen molar-refractivity contribution in [3.63, 3.8) is 0 Å². The third-order valence-electron chi connectivity index (χ3n) is 10.0. The van der Waals surface area contributed by atoms with Crippen LogP contribution in [0.2, 0.25) is 0 Å². The van der Waals surface area contributed by atoms with Gasteiger partial charge in [-0.05, 0) is 81.4 Å². The highest BCUT2D eigenvalue weighted by Gasteiger charge is 2.18. The zero-order valence-corrected chi connectivity index (χ0v) is 28.1. The number of benzene rings is 8. The van der Waals surface area contributed by atoms with Gasteiger partial charge in [0, 0.05) is 36.5 Å². The fourth-order valence-corrected chi connectivity index (χ4v) is 8.79. The van der Waals surface area contributed by atoms with Crippen LogP contribution in [-0.4, -0.2) is 4.57 Å². The minimum Gasteiger partial charge on any atom is -0.309 e. The number of para-hydroxylation sites is 1. The molecule has 0 spiro atoms. The SMILES string of the molecule is c1ccc(-c2ccc3c(c2)c2cc(-c4ccccc4)ccc2n3-c2ccccc2-c2ccc(-c3cccc4sc5ccccc5c34)cc2)cc1. The molecule has 0 aliphatic carbocycles. The molecule has 0 fully saturated rings. The Morgan fingerprint density at radius 3 is 1.48 bits per heavy atom. The van der Waals surface area contributed by atoms with Crippen LogP contribution in [0.15, 0.2) is 188 Å². The Morgan fingerprint density at radius 1 is 0.320 bits per heavy atom. The molecule has 2 heteroatoms. The first kappa shape index (κ1) is 28.8. The summed E-state index contributed by atoms with van der Waals surface area (Å²) in [6.45, 7) is 0. The normalized spacial score (nSPS) is 11.6. The molecule has 8 aromatic carbocycles. The van der Waals surface area contributed by atoms with Crippen LogP contribution in [0.4, 0.5) is 0 Å². The molecule has 0 N–H and O–H groups in total. The lowest BCUT2D eigenvalue weighted by Gasteiger charge is -2.15. The molecule has 0 radical (unpaired) electrons. The highest BCUT2D eigenvalue weighted by atomic mass is 32.1. The number of rotatable bonds is 5. The molecular formula is C48H31NS. The van der Waals surface area contributed by atoms with Gasteiger partial charge >= 0.3 is 0 Å². The highest BCUT2D eigenvalue weighted by molar-refractivity contribution is 7.25. The van der Waals surface area contributed by atoms with Gasteiger partial charge in [-0.1, -0.05) is 146 Å². The van der Waals surface area contributed by atoms with Gasteiger partial charge in [-0.15, -0.1) is 11.3 Å². The van der Waals surface area contributed by atoms with Gasteiger partial charge in [0.05, 0.1) is 16.7 Å². The van der Waals surface area contributed by atoms with E-state index in [0.717, 1.165) is 0 Å². The minimum absolute atomic E-state index is 1.17. The van der Waals surface area contributed by atoms with E-state index in [1.807, 2.05) is 11.3 Å². The average molecular weight is 654 g/mol. The van der Waals surface area contributed by atoms with E-state index in [1.165, 1.54) is 92.2 Å². The Morgan fingerprint density at radius 2 is 0.820 bits per heavy atom. The Hall–Kier alpha value is -6.22. The van der Waals surface area contributed by atoms with Crippen molar-refractivity contribution >= 4 is 53.3 Å². The summed E-state index contributed by atoms with van der Waals surface area (Å²) < 4.78 is 5.11. The van der Waals surface area contributed by atoms with Crippen LogP contribution in [0, 0.1) is 0 Å². The number of fused-ring (bicyclic) bond motifs is 6. The third kappa shape index (κ3) is 4.69. The van der Waals surface area contributed by atoms with Crippen molar-refractivity contribution < 1.29 is 0 Å². The van der Waals surface area contributed by atoms with Crippen molar-refractivity contribution in [1.82, 2.24) is 4.57 Å². The van der Waals surface area contributed by atoms with Crippen LogP contribution in [0.1, 0.15) is 0 Å². The first-order valence-corrected chi connectivity index (χ1v) is 17.9. The Bertz CT molecular complexity index is 2740. The predicted molar refractivity (Wildman–Crippen MR) is 215 cm³/mol. The van der Waals surface area contributed by atoms with E-state index >= 15 is 0 Å². The van der Waals surface area contributed by atoms with Gasteiger partial charge in [0.15, 0.2) is 0 Å². The van der Waals surface area contributed by atoms with Crippen molar-refractivity contribution in [3.8, 4) is 50.2 Å². The maximum atomic E-state index is 2.45. The summed E-state index contributed by atoms with van der Waals surface area (Å²) in [6, 6.07) is 68.6. The van der Waals surface area contributed by atoms with Crippen LogP contribution in [0.5, 0.6) is 0 Å². The summed E-state index contributed by atoms with van der Waals surface area (Å²) >= 11 is 1.87. The number of hydrogen-bond acceptors (Lipinski definition) is 1. The van der Waals surface area contributed by atoms with Crippen molar-refractivity contribution in [2.75, 3.05) is 0 Å². The lowest BCUT2D eigenvalue weighted by Crippen LogP contribution is -1.97. The van der Waals surface area contributed by atoms with Crippen LogP contribution >= 0.6 is 11.3 Å². The molecule has 0 unspecified atom stereocenters. The molecule has 0 saturated heterocycles. The van der Waals surface area contributed by atoms with E-state index in [1.54, 1.807) is 0 Å². The summed E-state index contributed by atoms with van der Waals surface area (Å²) in [7, 11) is 0. The van der Waals surface area contributed by atoms with E-state index in [2.05, 4.69) is 193 Å². The predicted octanol–water partition coefficient (Wildman–Crippen LogP) is 13.8. The van der Waals surface area contributed by atoms with Gasteiger partial charge in [-0.3, -0.25) is 0 Å². The van der Waals surface area contributed by atoms with Gasteiger partial charge in [-0.2, -0.15) is 0 Å². The van der Waals surface area contributed by atoms with Crippen molar-refractivity contribution in [3.05, 3.63) is 188 Å². The van der Waals surface area contributed by atoms with Gasteiger partial charge in [0.25, 0.3) is 0 Å². The summed E-state index contributed by atoms with van der Waals surface area (Å²) in [6.07, 6.45) is 0. The topological polar surface area (TPSA) is 4.93 Å². The number of thiophene rings is 1. The molecule has 234 valence electrons. The lowest BCUT2D eigenvalue weighted by molar-refractivity contribution is 1.18. The molecule has 1 nitrogen and oxygen atoms in total.